The molecule has 4 rings (SSSR count). The number of para-hydroxylation sites is 2. The fourth-order valence-corrected chi connectivity index (χ4v) is 3.57. The number of fused-ring (bicyclic) bond motifs is 3. The van der Waals surface area contributed by atoms with Crippen LogP contribution in [0.3, 0.4) is 0 Å². The number of benzene rings is 1. The molecule has 0 saturated heterocycles. The largest absolute Gasteiger partial charge is 0.310 e. The van der Waals surface area contributed by atoms with E-state index >= 15 is 0 Å². The number of hydrogen-bond acceptors (Lipinski definition) is 1. The van der Waals surface area contributed by atoms with Crippen molar-refractivity contribution in [3.05, 3.63) is 52.9 Å². The van der Waals surface area contributed by atoms with E-state index in [1.807, 2.05) is 39.4 Å². The van der Waals surface area contributed by atoms with Crippen LogP contribution in [0, 0.1) is 0 Å². The van der Waals surface area contributed by atoms with Gasteiger partial charge in [0.1, 0.15) is 5.52 Å². The zero-order valence-electron chi connectivity index (χ0n) is 11.5. The van der Waals surface area contributed by atoms with Crippen LogP contribution < -0.4 is 5.56 Å². The number of aromatic nitrogens is 2. The second-order valence-electron chi connectivity index (χ2n) is 5.72. The summed E-state index contributed by atoms with van der Waals surface area (Å²) in [5.74, 6) is 0. The first-order valence-corrected chi connectivity index (χ1v) is 7.46. The van der Waals surface area contributed by atoms with Gasteiger partial charge in [0.15, 0.2) is 0 Å². The molecule has 1 aliphatic carbocycles. The van der Waals surface area contributed by atoms with Crippen LogP contribution in [0.5, 0.6) is 0 Å². The fourth-order valence-electron chi connectivity index (χ4n) is 3.57. The van der Waals surface area contributed by atoms with Gasteiger partial charge in [-0.25, -0.2) is 0 Å². The van der Waals surface area contributed by atoms with Crippen molar-refractivity contribution in [1.29, 1.82) is 0 Å². The van der Waals surface area contributed by atoms with Gasteiger partial charge in [-0.1, -0.05) is 31.4 Å². The van der Waals surface area contributed by atoms with E-state index in [9.17, 15) is 4.79 Å². The van der Waals surface area contributed by atoms with Crippen LogP contribution in [0.15, 0.2) is 47.4 Å². The van der Waals surface area contributed by atoms with Gasteiger partial charge in [0, 0.05) is 12.2 Å². The lowest BCUT2D eigenvalue weighted by Crippen LogP contribution is -2.28. The lowest BCUT2D eigenvalue weighted by Gasteiger charge is -2.26. The first-order chi connectivity index (χ1) is 9.86. The highest BCUT2D eigenvalue weighted by Gasteiger charge is 2.20. The lowest BCUT2D eigenvalue weighted by molar-refractivity contribution is 0.354. The van der Waals surface area contributed by atoms with Crippen LogP contribution in [-0.4, -0.2) is 8.97 Å². The number of nitrogens with zero attached hydrogens (tertiary/aromatic N) is 2. The standard InChI is InChI=1S/C17H18N2O/c20-17-16-11-6-12-18(16)14-9-4-5-10-15(14)19(17)13-7-2-1-3-8-13/h4-6,9-13H,1-3,7-8H2. The minimum absolute atomic E-state index is 0.153. The molecule has 3 nitrogen and oxygen atoms in total. The number of hydrogen-bond donors (Lipinski definition) is 0. The van der Waals surface area contributed by atoms with Gasteiger partial charge >= 0.3 is 0 Å². The molecule has 1 aromatic carbocycles. The Morgan fingerprint density at radius 1 is 0.850 bits per heavy atom. The van der Waals surface area contributed by atoms with E-state index in [4.69, 9.17) is 0 Å². The predicted octanol–water partition coefficient (Wildman–Crippen LogP) is 3.76. The topological polar surface area (TPSA) is 26.4 Å². The molecule has 0 radical (unpaired) electrons. The molecular weight excluding hydrogens is 248 g/mol. The van der Waals surface area contributed by atoms with Crippen LogP contribution in [0.25, 0.3) is 16.6 Å². The molecule has 2 heterocycles. The number of rotatable bonds is 1. The minimum atomic E-state index is 0.153. The van der Waals surface area contributed by atoms with Crippen molar-refractivity contribution in [1.82, 2.24) is 8.97 Å². The Morgan fingerprint density at radius 3 is 2.35 bits per heavy atom. The second-order valence-corrected chi connectivity index (χ2v) is 5.72. The van der Waals surface area contributed by atoms with Crippen molar-refractivity contribution in [3.8, 4) is 0 Å². The van der Waals surface area contributed by atoms with Crippen LogP contribution in [0.4, 0.5) is 0 Å². The van der Waals surface area contributed by atoms with Gasteiger partial charge in [0.05, 0.1) is 11.0 Å². The molecule has 1 fully saturated rings. The summed E-state index contributed by atoms with van der Waals surface area (Å²) in [7, 11) is 0. The molecule has 3 aromatic rings. The maximum Gasteiger partial charge on any atom is 0.275 e. The van der Waals surface area contributed by atoms with Gasteiger partial charge in [0.25, 0.3) is 5.56 Å². The summed E-state index contributed by atoms with van der Waals surface area (Å²) >= 11 is 0. The van der Waals surface area contributed by atoms with E-state index in [-0.39, 0.29) is 5.56 Å². The molecule has 1 aliphatic rings. The third-order valence-corrected chi connectivity index (χ3v) is 4.53. The lowest BCUT2D eigenvalue weighted by atomic mass is 9.95. The molecule has 0 aliphatic heterocycles. The van der Waals surface area contributed by atoms with Crippen molar-refractivity contribution >= 4 is 16.6 Å². The van der Waals surface area contributed by atoms with Crippen molar-refractivity contribution in [2.45, 2.75) is 38.1 Å². The highest BCUT2D eigenvalue weighted by atomic mass is 16.1. The third-order valence-electron chi connectivity index (χ3n) is 4.53. The average molecular weight is 266 g/mol. The Morgan fingerprint density at radius 2 is 1.55 bits per heavy atom. The highest BCUT2D eigenvalue weighted by Crippen LogP contribution is 2.29. The van der Waals surface area contributed by atoms with Crippen molar-refractivity contribution in [2.24, 2.45) is 0 Å². The molecule has 0 spiro atoms. The van der Waals surface area contributed by atoms with Crippen molar-refractivity contribution in [2.75, 3.05) is 0 Å². The first kappa shape index (κ1) is 11.8. The van der Waals surface area contributed by atoms with Crippen LogP contribution in [0.2, 0.25) is 0 Å². The quantitative estimate of drug-likeness (QED) is 0.658. The highest BCUT2D eigenvalue weighted by molar-refractivity contribution is 5.79. The summed E-state index contributed by atoms with van der Waals surface area (Å²) in [5.41, 5.74) is 3.13. The Hall–Kier alpha value is -2.03. The van der Waals surface area contributed by atoms with E-state index in [2.05, 4.69) is 12.1 Å². The van der Waals surface area contributed by atoms with E-state index in [0.717, 1.165) is 29.4 Å². The zero-order valence-corrected chi connectivity index (χ0v) is 11.5. The van der Waals surface area contributed by atoms with Crippen LogP contribution in [-0.2, 0) is 0 Å². The molecule has 0 N–H and O–H groups in total. The Balaban J connectivity index is 2.10. The molecule has 0 bridgehead atoms. The van der Waals surface area contributed by atoms with E-state index in [1.165, 1.54) is 19.3 Å². The normalized spacial score (nSPS) is 17.0. The summed E-state index contributed by atoms with van der Waals surface area (Å²) in [6.07, 6.45) is 8.00. The predicted molar refractivity (Wildman–Crippen MR) is 81.3 cm³/mol. The molecular formula is C17H18N2O. The molecule has 1 saturated carbocycles. The Labute approximate surface area is 117 Å². The molecule has 0 unspecified atom stereocenters. The summed E-state index contributed by atoms with van der Waals surface area (Å²) < 4.78 is 4.06. The third kappa shape index (κ3) is 1.62. The molecule has 102 valence electrons. The van der Waals surface area contributed by atoms with Crippen LogP contribution in [0.1, 0.15) is 38.1 Å². The fraction of sp³-hybridized carbons (Fsp3) is 0.353. The van der Waals surface area contributed by atoms with Crippen molar-refractivity contribution < 1.29 is 0 Å². The molecule has 3 heteroatoms. The van der Waals surface area contributed by atoms with E-state index in [0.29, 0.717) is 6.04 Å². The summed E-state index contributed by atoms with van der Waals surface area (Å²) in [6, 6.07) is 12.5. The summed E-state index contributed by atoms with van der Waals surface area (Å²) in [6.45, 7) is 0. The second kappa shape index (κ2) is 4.51. The average Bonchev–Trinajstić information content (AvgIpc) is 2.99. The monoisotopic (exact) mass is 266 g/mol. The smallest absolute Gasteiger partial charge is 0.275 e. The van der Waals surface area contributed by atoms with Gasteiger partial charge in [-0.15, -0.1) is 0 Å². The zero-order chi connectivity index (χ0) is 13.5. The molecule has 20 heavy (non-hydrogen) atoms. The molecule has 0 amide bonds. The summed E-state index contributed by atoms with van der Waals surface area (Å²) in [5, 5.41) is 0. The maximum absolute atomic E-state index is 12.8. The van der Waals surface area contributed by atoms with E-state index in [1.54, 1.807) is 0 Å². The SMILES string of the molecule is O=c1c2cccn2c2ccccc2n1C1CCCCC1. The van der Waals surface area contributed by atoms with Gasteiger partial charge in [-0.05, 0) is 37.1 Å². The van der Waals surface area contributed by atoms with Gasteiger partial charge in [0.2, 0.25) is 0 Å². The maximum atomic E-state index is 12.8. The van der Waals surface area contributed by atoms with Gasteiger partial charge in [-0.3, -0.25) is 4.79 Å². The minimum Gasteiger partial charge on any atom is -0.310 e. The van der Waals surface area contributed by atoms with Crippen LogP contribution >= 0.6 is 0 Å². The summed E-state index contributed by atoms with van der Waals surface area (Å²) in [4.78, 5) is 12.8. The van der Waals surface area contributed by atoms with Crippen molar-refractivity contribution in [3.63, 3.8) is 0 Å². The molecule has 0 atom stereocenters. The van der Waals surface area contributed by atoms with E-state index < -0.39 is 0 Å². The Kier molecular flexibility index (Phi) is 2.66. The van der Waals surface area contributed by atoms with Gasteiger partial charge in [-0.2, -0.15) is 0 Å². The molecule has 2 aromatic heterocycles. The Bertz CT molecular complexity index is 822. The van der Waals surface area contributed by atoms with Gasteiger partial charge < -0.3 is 8.97 Å². The first-order valence-electron chi connectivity index (χ1n) is 7.46.